The molecule has 0 fully saturated rings. The number of halogens is 6. The molecule has 0 saturated carbocycles. The van der Waals surface area contributed by atoms with Crippen molar-refractivity contribution in [1.29, 1.82) is 0 Å². The fourth-order valence-corrected chi connectivity index (χ4v) is 3.63. The van der Waals surface area contributed by atoms with Gasteiger partial charge in [-0.05, 0) is 83.9 Å². The zero-order valence-electron chi connectivity index (χ0n) is 19.9. The molecule has 0 radical (unpaired) electrons. The maximum atomic E-state index is 13.7. The van der Waals surface area contributed by atoms with E-state index in [0.717, 1.165) is 72.8 Å². The highest BCUT2D eigenvalue weighted by molar-refractivity contribution is 5.88. The van der Waals surface area contributed by atoms with Crippen LogP contribution in [0.15, 0.2) is 84.9 Å². The second-order valence-corrected chi connectivity index (χ2v) is 8.28. The molecular formula is C28H16F6O6. The van der Waals surface area contributed by atoms with Gasteiger partial charge in [-0.3, -0.25) is 0 Å². The third kappa shape index (κ3) is 6.34. The van der Waals surface area contributed by atoms with Gasteiger partial charge in [-0.15, -0.1) is 0 Å². The molecule has 0 spiro atoms. The molecule has 0 amide bonds. The van der Waals surface area contributed by atoms with Crippen molar-refractivity contribution in [3.8, 4) is 34.1 Å². The lowest BCUT2D eigenvalue weighted by Crippen LogP contribution is -2.08. The average molecular weight is 562 g/mol. The van der Waals surface area contributed by atoms with Crippen LogP contribution in [0.4, 0.5) is 26.3 Å². The number of alkyl halides is 6. The molecule has 12 heteroatoms. The van der Waals surface area contributed by atoms with E-state index in [1.807, 2.05) is 0 Å². The second-order valence-electron chi connectivity index (χ2n) is 8.28. The molecule has 4 rings (SSSR count). The zero-order chi connectivity index (χ0) is 29.2. The Balaban J connectivity index is 1.75. The van der Waals surface area contributed by atoms with Crippen molar-refractivity contribution in [3.63, 3.8) is 0 Å². The predicted octanol–water partition coefficient (Wildman–Crippen LogP) is 8.37. The Bertz CT molecular complexity index is 1440. The van der Waals surface area contributed by atoms with Crippen LogP contribution in [0.2, 0.25) is 0 Å². The fourth-order valence-electron chi connectivity index (χ4n) is 3.63. The summed E-state index contributed by atoms with van der Waals surface area (Å²) >= 11 is 0. The van der Waals surface area contributed by atoms with Crippen molar-refractivity contribution < 1.29 is 55.6 Å². The van der Waals surface area contributed by atoms with E-state index < -0.39 is 46.9 Å². The predicted molar refractivity (Wildman–Crippen MR) is 129 cm³/mol. The maximum Gasteiger partial charge on any atom is 0.419 e. The van der Waals surface area contributed by atoms with E-state index in [1.54, 1.807) is 0 Å². The summed E-state index contributed by atoms with van der Waals surface area (Å²) in [4.78, 5) is 22.1. The molecule has 0 aliphatic carbocycles. The topological polar surface area (TPSA) is 93.1 Å². The van der Waals surface area contributed by atoms with Gasteiger partial charge in [-0.2, -0.15) is 26.3 Å². The smallest absolute Gasteiger partial charge is 0.419 e. The number of hydrogen-bond acceptors (Lipinski definition) is 4. The monoisotopic (exact) mass is 562 g/mol. The van der Waals surface area contributed by atoms with Crippen molar-refractivity contribution in [2.75, 3.05) is 0 Å². The first-order valence-electron chi connectivity index (χ1n) is 11.2. The number of carboxylic acid groups (broad SMARTS) is 2. The number of aromatic carboxylic acids is 2. The lowest BCUT2D eigenvalue weighted by atomic mass is 10.0. The molecule has 4 aromatic carbocycles. The molecule has 0 aromatic heterocycles. The van der Waals surface area contributed by atoms with E-state index in [2.05, 4.69) is 0 Å². The first-order chi connectivity index (χ1) is 18.7. The van der Waals surface area contributed by atoms with Gasteiger partial charge in [0, 0.05) is 0 Å². The lowest BCUT2D eigenvalue weighted by Gasteiger charge is -2.17. The Labute approximate surface area is 221 Å². The molecule has 0 unspecified atom stereocenters. The van der Waals surface area contributed by atoms with Gasteiger partial charge in [0.05, 0.1) is 22.3 Å². The Morgan fingerprint density at radius 3 is 1.12 bits per heavy atom. The van der Waals surface area contributed by atoms with Crippen LogP contribution in [0.1, 0.15) is 31.8 Å². The summed E-state index contributed by atoms with van der Waals surface area (Å²) in [7, 11) is 0. The Kier molecular flexibility index (Phi) is 7.45. The van der Waals surface area contributed by atoms with Gasteiger partial charge in [0.2, 0.25) is 0 Å². The quantitative estimate of drug-likeness (QED) is 0.220. The molecule has 0 bridgehead atoms. The van der Waals surface area contributed by atoms with Crippen molar-refractivity contribution in [3.05, 3.63) is 107 Å². The highest BCUT2D eigenvalue weighted by Gasteiger charge is 2.36. The first-order valence-corrected chi connectivity index (χ1v) is 11.2. The van der Waals surface area contributed by atoms with Gasteiger partial charge in [0.25, 0.3) is 0 Å². The number of carbonyl (C=O) groups is 2. The number of hydrogen-bond donors (Lipinski definition) is 2. The summed E-state index contributed by atoms with van der Waals surface area (Å²) in [5.74, 6) is -4.03. The van der Waals surface area contributed by atoms with Gasteiger partial charge >= 0.3 is 24.3 Å². The molecule has 206 valence electrons. The van der Waals surface area contributed by atoms with Crippen LogP contribution in [-0.4, -0.2) is 22.2 Å². The average Bonchev–Trinajstić information content (AvgIpc) is 2.88. The van der Waals surface area contributed by atoms with E-state index in [-0.39, 0.29) is 33.8 Å². The first kappa shape index (κ1) is 28.0. The van der Waals surface area contributed by atoms with Gasteiger partial charge in [0.15, 0.2) is 0 Å². The van der Waals surface area contributed by atoms with Crippen molar-refractivity contribution >= 4 is 11.9 Å². The molecule has 2 N–H and O–H groups in total. The standard InChI is InChI=1S/C28H16F6O6/c29-27(30,31)21-11-5-17(13-23(21)39-19-7-1-15(2-8-19)25(35)36)18-6-12-22(28(32,33)34)24(14-18)40-20-9-3-16(4-10-20)26(37)38/h1-14H,(H,35,36)(H,37,38). The van der Waals surface area contributed by atoms with Crippen LogP contribution in [0, 0.1) is 0 Å². The minimum atomic E-state index is -4.84. The summed E-state index contributed by atoms with van der Waals surface area (Å²) in [6, 6.07) is 14.7. The lowest BCUT2D eigenvalue weighted by molar-refractivity contribution is -0.139. The Hall–Kier alpha value is -5.00. The molecule has 0 atom stereocenters. The van der Waals surface area contributed by atoms with E-state index in [4.69, 9.17) is 19.7 Å². The Morgan fingerprint density at radius 1 is 0.525 bits per heavy atom. The minimum Gasteiger partial charge on any atom is -0.478 e. The normalized spacial score (nSPS) is 11.7. The third-order valence-corrected chi connectivity index (χ3v) is 5.57. The van der Waals surface area contributed by atoms with Crippen LogP contribution in [0.5, 0.6) is 23.0 Å². The van der Waals surface area contributed by atoms with Crippen LogP contribution in [0.25, 0.3) is 11.1 Å². The number of benzene rings is 4. The molecule has 0 aliphatic rings. The van der Waals surface area contributed by atoms with E-state index in [0.29, 0.717) is 12.1 Å². The van der Waals surface area contributed by atoms with Crippen LogP contribution in [-0.2, 0) is 12.4 Å². The van der Waals surface area contributed by atoms with Crippen LogP contribution < -0.4 is 9.47 Å². The highest BCUT2D eigenvalue weighted by atomic mass is 19.4. The zero-order valence-corrected chi connectivity index (χ0v) is 19.9. The molecule has 40 heavy (non-hydrogen) atoms. The van der Waals surface area contributed by atoms with Crippen molar-refractivity contribution in [2.45, 2.75) is 12.4 Å². The molecule has 0 heterocycles. The Morgan fingerprint density at radius 2 is 0.850 bits per heavy atom. The summed E-state index contributed by atoms with van der Waals surface area (Å²) < 4.78 is 92.9. The largest absolute Gasteiger partial charge is 0.478 e. The molecule has 0 aliphatic heterocycles. The van der Waals surface area contributed by atoms with Crippen LogP contribution in [0.3, 0.4) is 0 Å². The molecule has 0 saturated heterocycles. The van der Waals surface area contributed by atoms with Crippen LogP contribution >= 0.6 is 0 Å². The summed E-state index contributed by atoms with van der Waals surface area (Å²) in [6.07, 6.45) is -9.68. The summed E-state index contributed by atoms with van der Waals surface area (Å²) in [5, 5.41) is 18.0. The minimum absolute atomic E-state index is 0.0601. The SMILES string of the molecule is O=C(O)c1ccc(Oc2cc(-c3ccc(C(F)(F)F)c(Oc4ccc(C(=O)O)cc4)c3)ccc2C(F)(F)F)cc1. The van der Waals surface area contributed by atoms with Gasteiger partial charge in [-0.25, -0.2) is 9.59 Å². The van der Waals surface area contributed by atoms with E-state index in [1.165, 1.54) is 0 Å². The third-order valence-electron chi connectivity index (χ3n) is 5.57. The van der Waals surface area contributed by atoms with Gasteiger partial charge in [-0.1, -0.05) is 12.1 Å². The molecule has 4 aromatic rings. The highest BCUT2D eigenvalue weighted by Crippen LogP contribution is 2.43. The van der Waals surface area contributed by atoms with Crippen molar-refractivity contribution in [1.82, 2.24) is 0 Å². The summed E-state index contributed by atoms with van der Waals surface area (Å²) in [6.45, 7) is 0. The fraction of sp³-hybridized carbons (Fsp3) is 0.0714. The van der Waals surface area contributed by atoms with E-state index >= 15 is 0 Å². The molecule has 6 nitrogen and oxygen atoms in total. The maximum absolute atomic E-state index is 13.7. The van der Waals surface area contributed by atoms with Gasteiger partial charge < -0.3 is 19.7 Å². The second kappa shape index (κ2) is 10.6. The number of ether oxygens (including phenoxy) is 2. The number of rotatable bonds is 7. The van der Waals surface area contributed by atoms with Gasteiger partial charge in [0.1, 0.15) is 23.0 Å². The molecular weight excluding hydrogens is 546 g/mol. The van der Waals surface area contributed by atoms with Crippen molar-refractivity contribution in [2.24, 2.45) is 0 Å². The summed E-state index contributed by atoms with van der Waals surface area (Å²) in [5.41, 5.74) is -2.45. The number of carboxylic acids is 2. The van der Waals surface area contributed by atoms with E-state index in [9.17, 15) is 35.9 Å².